The number of rotatable bonds is 4. The Labute approximate surface area is 118 Å². The van der Waals surface area contributed by atoms with E-state index in [4.69, 9.17) is 0 Å². The van der Waals surface area contributed by atoms with Gasteiger partial charge in [-0.15, -0.1) is 5.92 Å². The van der Waals surface area contributed by atoms with Gasteiger partial charge in [-0.05, 0) is 50.3 Å². The van der Waals surface area contributed by atoms with Gasteiger partial charge in [0.25, 0.3) is 0 Å². The highest BCUT2D eigenvalue weighted by Gasteiger charge is 2.13. The highest BCUT2D eigenvalue weighted by molar-refractivity contribution is 5.15. The van der Waals surface area contributed by atoms with Crippen molar-refractivity contribution < 1.29 is 0 Å². The van der Waals surface area contributed by atoms with Gasteiger partial charge in [-0.25, -0.2) is 0 Å². The van der Waals surface area contributed by atoms with E-state index in [0.717, 1.165) is 25.3 Å². The molecule has 0 atom stereocenters. The van der Waals surface area contributed by atoms with Crippen molar-refractivity contribution in [3.63, 3.8) is 0 Å². The predicted molar refractivity (Wildman–Crippen MR) is 82.0 cm³/mol. The van der Waals surface area contributed by atoms with Crippen LogP contribution >= 0.6 is 0 Å². The molecule has 19 heavy (non-hydrogen) atoms. The van der Waals surface area contributed by atoms with E-state index in [1.54, 1.807) is 0 Å². The van der Waals surface area contributed by atoms with Gasteiger partial charge >= 0.3 is 0 Å². The minimum atomic E-state index is 0.912. The molecular weight excluding hydrogens is 230 g/mol. The maximum absolute atomic E-state index is 3.33. The molecule has 1 nitrogen and oxygen atoms in total. The lowest BCUT2D eigenvalue weighted by Crippen LogP contribution is -2.33. The summed E-state index contributed by atoms with van der Waals surface area (Å²) in [6, 6.07) is 10.7. The Hall–Kier alpha value is -1.26. The number of aryl methyl sites for hydroxylation is 1. The molecule has 0 unspecified atom stereocenters. The third kappa shape index (κ3) is 5.49. The number of piperidine rings is 1. The van der Waals surface area contributed by atoms with Crippen molar-refractivity contribution in [2.45, 2.75) is 39.0 Å². The molecule has 0 spiro atoms. The predicted octanol–water partition coefficient (Wildman–Crippen LogP) is 3.74. The molecule has 0 N–H and O–H groups in total. The molecule has 1 heterocycles. The molecular formula is C18H25N. The molecule has 2 rings (SSSR count). The maximum atomic E-state index is 3.33. The summed E-state index contributed by atoms with van der Waals surface area (Å²) in [5.41, 5.74) is 1.43. The van der Waals surface area contributed by atoms with Crippen molar-refractivity contribution in [3.05, 3.63) is 35.9 Å². The summed E-state index contributed by atoms with van der Waals surface area (Å²) in [5.74, 6) is 7.57. The van der Waals surface area contributed by atoms with Crippen LogP contribution in [0.3, 0.4) is 0 Å². The smallest absolute Gasteiger partial charge is 0.0601 e. The van der Waals surface area contributed by atoms with Crippen molar-refractivity contribution in [3.8, 4) is 11.8 Å². The lowest BCUT2D eigenvalue weighted by atomic mass is 9.99. The summed E-state index contributed by atoms with van der Waals surface area (Å²) in [7, 11) is 0. The molecule has 0 bridgehead atoms. The summed E-state index contributed by atoms with van der Waals surface area (Å²) < 4.78 is 0. The van der Waals surface area contributed by atoms with E-state index >= 15 is 0 Å². The molecule has 1 fully saturated rings. The molecule has 0 aliphatic carbocycles. The standard InChI is InChI=1S/C18H25N/c1-17-12-15-19(16-13-17)14-8-3-2-5-9-18-10-6-4-7-11-18/h4,6-7,10-11,17H,2,5,9,12-16H2,1H3. The summed E-state index contributed by atoms with van der Waals surface area (Å²) in [5, 5.41) is 0. The van der Waals surface area contributed by atoms with Crippen molar-refractivity contribution in [1.82, 2.24) is 4.90 Å². The van der Waals surface area contributed by atoms with Crippen LogP contribution in [0.25, 0.3) is 0 Å². The summed E-state index contributed by atoms with van der Waals surface area (Å²) in [4.78, 5) is 2.49. The highest BCUT2D eigenvalue weighted by Crippen LogP contribution is 2.15. The van der Waals surface area contributed by atoms with Gasteiger partial charge in [0.1, 0.15) is 0 Å². The van der Waals surface area contributed by atoms with Crippen LogP contribution in [-0.2, 0) is 6.42 Å². The zero-order valence-electron chi connectivity index (χ0n) is 12.1. The van der Waals surface area contributed by atoms with Gasteiger partial charge < -0.3 is 0 Å². The summed E-state index contributed by atoms with van der Waals surface area (Å²) in [6.07, 6.45) is 6.04. The minimum absolute atomic E-state index is 0.912. The van der Waals surface area contributed by atoms with E-state index in [1.165, 1.54) is 37.9 Å². The average molecular weight is 255 g/mol. The minimum Gasteiger partial charge on any atom is -0.292 e. The Morgan fingerprint density at radius 2 is 1.84 bits per heavy atom. The highest BCUT2D eigenvalue weighted by atomic mass is 15.1. The zero-order valence-corrected chi connectivity index (χ0v) is 12.1. The van der Waals surface area contributed by atoms with Gasteiger partial charge in [-0.3, -0.25) is 4.90 Å². The number of hydrogen-bond acceptors (Lipinski definition) is 1. The number of hydrogen-bond donors (Lipinski definition) is 0. The Kier molecular flexibility index (Phi) is 5.98. The van der Waals surface area contributed by atoms with Crippen LogP contribution in [0.2, 0.25) is 0 Å². The monoisotopic (exact) mass is 255 g/mol. The zero-order chi connectivity index (χ0) is 13.3. The lowest BCUT2D eigenvalue weighted by molar-refractivity contribution is 0.213. The second kappa shape index (κ2) is 8.02. The van der Waals surface area contributed by atoms with Crippen molar-refractivity contribution in [2.75, 3.05) is 19.6 Å². The molecule has 1 saturated heterocycles. The van der Waals surface area contributed by atoms with Crippen LogP contribution in [0.5, 0.6) is 0 Å². The third-order valence-corrected chi connectivity index (χ3v) is 3.91. The molecule has 0 aromatic heterocycles. The summed E-state index contributed by atoms with van der Waals surface area (Å²) >= 11 is 0. The fourth-order valence-corrected chi connectivity index (χ4v) is 2.50. The number of benzene rings is 1. The van der Waals surface area contributed by atoms with Crippen molar-refractivity contribution in [2.24, 2.45) is 5.92 Å². The van der Waals surface area contributed by atoms with E-state index in [9.17, 15) is 0 Å². The molecule has 0 saturated carbocycles. The van der Waals surface area contributed by atoms with E-state index in [0.29, 0.717) is 0 Å². The number of nitrogens with zero attached hydrogens (tertiary/aromatic N) is 1. The molecule has 1 aliphatic rings. The lowest BCUT2D eigenvalue weighted by Gasteiger charge is -2.28. The van der Waals surface area contributed by atoms with Crippen molar-refractivity contribution >= 4 is 0 Å². The second-order valence-corrected chi connectivity index (χ2v) is 5.65. The second-order valence-electron chi connectivity index (χ2n) is 5.65. The first-order valence-corrected chi connectivity index (χ1v) is 7.56. The largest absolute Gasteiger partial charge is 0.292 e. The summed E-state index contributed by atoms with van der Waals surface area (Å²) in [6.45, 7) is 5.80. The van der Waals surface area contributed by atoms with Crippen LogP contribution in [0.4, 0.5) is 0 Å². The Morgan fingerprint density at radius 3 is 2.58 bits per heavy atom. The van der Waals surface area contributed by atoms with E-state index in [2.05, 4.69) is 54.0 Å². The molecule has 1 aromatic rings. The van der Waals surface area contributed by atoms with Gasteiger partial charge in [0, 0.05) is 6.42 Å². The van der Waals surface area contributed by atoms with Crippen molar-refractivity contribution in [1.29, 1.82) is 0 Å². The number of likely N-dealkylation sites (tertiary alicyclic amines) is 1. The molecule has 1 aliphatic heterocycles. The quantitative estimate of drug-likeness (QED) is 0.585. The third-order valence-electron chi connectivity index (χ3n) is 3.91. The Morgan fingerprint density at radius 1 is 1.11 bits per heavy atom. The topological polar surface area (TPSA) is 3.24 Å². The Bertz CT molecular complexity index is 404. The van der Waals surface area contributed by atoms with Crippen LogP contribution in [0.15, 0.2) is 30.3 Å². The van der Waals surface area contributed by atoms with E-state index < -0.39 is 0 Å². The normalized spacial score (nSPS) is 16.9. The fraction of sp³-hybridized carbons (Fsp3) is 0.556. The van der Waals surface area contributed by atoms with Gasteiger partial charge in [-0.1, -0.05) is 43.2 Å². The first-order valence-electron chi connectivity index (χ1n) is 7.56. The first-order chi connectivity index (χ1) is 9.34. The van der Waals surface area contributed by atoms with Crippen LogP contribution in [0.1, 0.15) is 38.2 Å². The van der Waals surface area contributed by atoms with Crippen LogP contribution in [-0.4, -0.2) is 24.5 Å². The van der Waals surface area contributed by atoms with Crippen LogP contribution in [0, 0.1) is 17.8 Å². The van der Waals surface area contributed by atoms with Gasteiger partial charge in [0.15, 0.2) is 0 Å². The van der Waals surface area contributed by atoms with Crippen LogP contribution < -0.4 is 0 Å². The van der Waals surface area contributed by atoms with Gasteiger partial charge in [0.2, 0.25) is 0 Å². The fourth-order valence-electron chi connectivity index (χ4n) is 2.50. The molecule has 0 amide bonds. The van der Waals surface area contributed by atoms with Gasteiger partial charge in [-0.2, -0.15) is 0 Å². The maximum Gasteiger partial charge on any atom is 0.0601 e. The van der Waals surface area contributed by atoms with Gasteiger partial charge in [0.05, 0.1) is 6.54 Å². The molecule has 0 radical (unpaired) electrons. The molecule has 102 valence electrons. The molecule has 1 aromatic carbocycles. The van der Waals surface area contributed by atoms with E-state index in [-0.39, 0.29) is 0 Å². The number of unbranched alkanes of at least 4 members (excludes halogenated alkanes) is 1. The molecule has 1 heteroatoms. The first kappa shape index (κ1) is 14.2. The SMILES string of the molecule is CC1CCN(CC#CCCCc2ccccc2)CC1. The Balaban J connectivity index is 1.57. The average Bonchev–Trinajstić information content (AvgIpc) is 2.46. The van der Waals surface area contributed by atoms with E-state index in [1.807, 2.05) is 0 Å².